The van der Waals surface area contributed by atoms with Gasteiger partial charge in [0.15, 0.2) is 0 Å². The molecule has 5 amide bonds. The summed E-state index contributed by atoms with van der Waals surface area (Å²) in [4.78, 5) is 75.1. The summed E-state index contributed by atoms with van der Waals surface area (Å²) in [6.45, 7) is 3.88. The summed E-state index contributed by atoms with van der Waals surface area (Å²) in [6.07, 6.45) is 10.9. The normalized spacial score (nSPS) is 6.14. The Morgan fingerprint density at radius 2 is 0.857 bits per heavy atom. The summed E-state index contributed by atoms with van der Waals surface area (Å²) in [5, 5.41) is 4.52. The first-order valence-corrected chi connectivity index (χ1v) is 6.12. The Morgan fingerprint density at radius 1 is 0.607 bits per heavy atom. The van der Waals surface area contributed by atoms with E-state index in [1.165, 1.54) is 71.7 Å². The minimum absolute atomic E-state index is 0. The first-order chi connectivity index (χ1) is 12.4. The van der Waals surface area contributed by atoms with Crippen LogP contribution in [0.5, 0.6) is 0 Å². The van der Waals surface area contributed by atoms with E-state index in [0.717, 1.165) is 0 Å². The van der Waals surface area contributed by atoms with Gasteiger partial charge < -0.3 is 58.8 Å². The molecule has 0 aromatic rings. The van der Waals surface area contributed by atoms with Crippen molar-refractivity contribution in [2.75, 3.05) is 20.4 Å². The maximum absolute atomic E-state index is 9.62. The van der Waals surface area contributed by atoms with E-state index in [9.17, 15) is 24.0 Å². The molecule has 0 aromatic carbocycles. The molecule has 0 saturated carbocycles. The second-order valence-electron chi connectivity index (χ2n) is 2.78. The molecule has 0 aliphatic rings. The fourth-order valence-corrected chi connectivity index (χ4v) is 0.436. The molecule has 14 heteroatoms. The Balaban J connectivity index is -0.0000000425. The second kappa shape index (κ2) is 56.2. The molecule has 12 nitrogen and oxygen atoms in total. The first kappa shape index (κ1) is 45.6. The van der Waals surface area contributed by atoms with E-state index in [4.69, 9.17) is 14.4 Å². The van der Waals surface area contributed by atoms with Crippen molar-refractivity contribution in [2.45, 2.75) is 20.8 Å². The number of imide groups is 2. The van der Waals surface area contributed by atoms with Crippen molar-refractivity contribution >= 4 is 50.9 Å². The Bertz CT molecular complexity index is 347. The third kappa shape index (κ3) is 73.6. The molecule has 0 heterocycles. The van der Waals surface area contributed by atoms with Crippen molar-refractivity contribution in [2.24, 2.45) is 0 Å². The Labute approximate surface area is 214 Å². The summed E-state index contributed by atoms with van der Waals surface area (Å²) in [5.41, 5.74) is 0. The van der Waals surface area contributed by atoms with Gasteiger partial charge in [0.2, 0.25) is 0 Å². The predicted octanol–water partition coefficient (Wildman–Crippen LogP) is -3.02. The van der Waals surface area contributed by atoms with E-state index in [1.807, 2.05) is 5.32 Å². The van der Waals surface area contributed by atoms with Crippen LogP contribution in [0.4, 0.5) is 0 Å². The largest absolute Gasteiger partial charge is 0.625 e. The second-order valence-corrected chi connectivity index (χ2v) is 2.78. The van der Waals surface area contributed by atoms with Crippen LogP contribution in [0.2, 0.25) is 0 Å². The van der Waals surface area contributed by atoms with Gasteiger partial charge in [0.05, 0.1) is 0 Å². The van der Waals surface area contributed by atoms with Crippen LogP contribution in [0.3, 0.4) is 0 Å². The molecule has 0 rings (SSSR count). The number of nitrogens with one attached hydrogen (secondary N) is 2. The number of amides is 5. The predicted molar refractivity (Wildman–Crippen MR) is 88.2 cm³/mol. The molecule has 156 valence electrons. The molecule has 0 aliphatic carbocycles. The third-order valence-electron chi connectivity index (χ3n) is 1.07. The molecule has 28 heavy (non-hydrogen) atoms. The van der Waals surface area contributed by atoms with E-state index in [-0.39, 0.29) is 78.8 Å². The van der Waals surface area contributed by atoms with Crippen LogP contribution in [0, 0.1) is 0 Å². The van der Waals surface area contributed by atoms with Crippen molar-refractivity contribution in [1.29, 1.82) is 0 Å². The van der Waals surface area contributed by atoms with Gasteiger partial charge in [-0.15, -0.1) is 0 Å². The van der Waals surface area contributed by atoms with Gasteiger partial charge in [-0.3, -0.25) is 18.9 Å². The molecule has 0 bridgehead atoms. The molecule has 0 unspecified atom stereocenters. The summed E-state index contributed by atoms with van der Waals surface area (Å²) >= 11 is 0. The van der Waals surface area contributed by atoms with Crippen LogP contribution >= 0.6 is 0 Å². The molecule has 0 fully saturated rings. The van der Waals surface area contributed by atoms with Gasteiger partial charge in [-0.25, -0.2) is 0 Å². The quantitative estimate of drug-likeness (QED) is 0.173. The molecular formula is C14H18N4O8Y2-8. The minimum atomic E-state index is -0.240. The van der Waals surface area contributed by atoms with Crippen molar-refractivity contribution in [3.63, 3.8) is 0 Å². The van der Waals surface area contributed by atoms with Crippen molar-refractivity contribution in [3.05, 3.63) is 0 Å². The molecule has 2 radical (unpaired) electrons. The van der Waals surface area contributed by atoms with Crippen LogP contribution in [0.25, 0.3) is 0 Å². The first-order valence-electron chi connectivity index (χ1n) is 6.12. The summed E-state index contributed by atoms with van der Waals surface area (Å²) < 4.78 is 0. The Kier molecular flexibility index (Phi) is 91.5. The minimum Gasteiger partial charge on any atom is -0.625 e. The topological polar surface area (TPSA) is 167 Å². The summed E-state index contributed by atoms with van der Waals surface area (Å²) in [6, 6.07) is 0. The molecule has 0 saturated heterocycles. The zero-order chi connectivity index (χ0) is 21.6. The van der Waals surface area contributed by atoms with Crippen LogP contribution < -0.4 is 10.6 Å². The molecule has 0 aromatic heterocycles. The van der Waals surface area contributed by atoms with Crippen LogP contribution in [-0.4, -0.2) is 81.1 Å². The monoisotopic (exact) mass is 548 g/mol. The van der Waals surface area contributed by atoms with Crippen LogP contribution in [-0.2, 0) is 104 Å². The van der Waals surface area contributed by atoms with Gasteiger partial charge in [-0.05, 0) is 7.05 Å². The molecule has 0 atom stereocenters. The van der Waals surface area contributed by atoms with Crippen LogP contribution in [0.15, 0.2) is 0 Å². The van der Waals surface area contributed by atoms with Crippen molar-refractivity contribution < 1.29 is 104 Å². The number of carbonyl (C=O) groups excluding carboxylic acids is 8. The zero-order valence-electron chi connectivity index (χ0n) is 15.7. The SMILES string of the molecule is CNCN([C-]=O)[C-]=O.C[C-]=O.C[C-]=O.C[C-]=O.O=[C-]NCN([C-]=O)[C-]=O.[Y].[Y]. The third-order valence-corrected chi connectivity index (χ3v) is 1.07. The average Bonchev–Trinajstić information content (AvgIpc) is 2.63. The van der Waals surface area contributed by atoms with Crippen molar-refractivity contribution in [1.82, 2.24) is 20.4 Å². The molecule has 2 N–H and O–H groups in total. The van der Waals surface area contributed by atoms with E-state index in [0.29, 0.717) is 9.80 Å². The number of nitrogens with zero attached hydrogens (tertiary/aromatic N) is 2. The van der Waals surface area contributed by atoms with E-state index in [2.05, 4.69) is 5.32 Å². The number of rotatable bonds is 9. The summed E-state index contributed by atoms with van der Waals surface area (Å²) in [7, 11) is 1.61. The maximum atomic E-state index is 9.62. The van der Waals surface area contributed by atoms with Gasteiger partial charge >= 0.3 is 0 Å². The number of hydrogen-bond acceptors (Lipinski definition) is 9. The fourth-order valence-electron chi connectivity index (χ4n) is 0.436. The Morgan fingerprint density at radius 3 is 1.00 bits per heavy atom. The van der Waals surface area contributed by atoms with E-state index < -0.39 is 0 Å². The van der Waals surface area contributed by atoms with E-state index >= 15 is 0 Å². The molecule has 0 aliphatic heterocycles. The molecule has 0 spiro atoms. The van der Waals surface area contributed by atoms with Gasteiger partial charge in [0.1, 0.15) is 0 Å². The Hall–Kier alpha value is -1.07. The van der Waals surface area contributed by atoms with Gasteiger partial charge in [0, 0.05) is 78.8 Å². The summed E-state index contributed by atoms with van der Waals surface area (Å²) in [5.74, 6) is 0. The number of hydrogen-bond donors (Lipinski definition) is 2. The van der Waals surface area contributed by atoms with Crippen molar-refractivity contribution in [3.8, 4) is 0 Å². The molecular weight excluding hydrogens is 530 g/mol. The van der Waals surface area contributed by atoms with E-state index in [1.54, 1.807) is 7.05 Å². The fraction of sp³-hybridized carbons (Fsp3) is 0.429. The standard InChI is InChI=1S/C4H3N2O3.C4H6N2O2.3C2H3O.2Y/c7-2-5-1-6(3-8)4-9;1-5-2-6(3-7)4-8;3*1-2-3;;/h1H2,(H,5,7);5H,2H2,1H3;3*1H3;;/q-3;-2;3*-1;;. The maximum Gasteiger partial charge on any atom is 0.0161 e. The van der Waals surface area contributed by atoms with Crippen LogP contribution in [0.1, 0.15) is 20.8 Å². The van der Waals surface area contributed by atoms with Gasteiger partial charge in [-0.2, -0.15) is 52.8 Å². The average molecular weight is 548 g/mol. The zero-order valence-corrected chi connectivity index (χ0v) is 21.4. The van der Waals surface area contributed by atoms with Gasteiger partial charge in [-0.1, -0.05) is 0 Å². The van der Waals surface area contributed by atoms with Gasteiger partial charge in [0.25, 0.3) is 0 Å². The smallest absolute Gasteiger partial charge is 0.0161 e.